The van der Waals surface area contributed by atoms with Crippen LogP contribution in [0, 0.1) is 10.1 Å². The lowest BCUT2D eigenvalue weighted by Gasteiger charge is -2.18. The summed E-state index contributed by atoms with van der Waals surface area (Å²) < 4.78 is 0.634. The Morgan fingerprint density at radius 2 is 1.95 bits per heavy atom. The summed E-state index contributed by atoms with van der Waals surface area (Å²) in [6, 6.07) is 13.7. The molecule has 104 valence electrons. The molecule has 0 amide bonds. The highest BCUT2D eigenvalue weighted by Crippen LogP contribution is 2.30. The molecule has 0 aliphatic carbocycles. The molecule has 6 heteroatoms. The highest BCUT2D eigenvalue weighted by molar-refractivity contribution is 9.10. The zero-order chi connectivity index (χ0) is 14.5. The van der Waals surface area contributed by atoms with Gasteiger partial charge in [0.2, 0.25) is 0 Å². The van der Waals surface area contributed by atoms with Crippen molar-refractivity contribution in [1.29, 1.82) is 0 Å². The monoisotopic (exact) mass is 336 g/mol. The summed E-state index contributed by atoms with van der Waals surface area (Å²) in [5.74, 6) is 0. The number of aliphatic hydroxyl groups is 1. The molecule has 2 aromatic rings. The predicted octanol–water partition coefficient (Wildman–Crippen LogP) is 3.50. The molecule has 0 aliphatic rings. The number of halogens is 1. The summed E-state index contributed by atoms with van der Waals surface area (Å²) >= 11 is 3.21. The summed E-state index contributed by atoms with van der Waals surface area (Å²) in [5.41, 5.74) is 1.21. The number of nitrogens with zero attached hydrogens (tertiary/aromatic N) is 1. The number of benzene rings is 2. The summed E-state index contributed by atoms with van der Waals surface area (Å²) in [6.07, 6.45) is 0. The van der Waals surface area contributed by atoms with Crippen LogP contribution in [0.25, 0.3) is 0 Å². The van der Waals surface area contributed by atoms with E-state index in [1.165, 1.54) is 6.07 Å². The molecule has 0 aliphatic heterocycles. The van der Waals surface area contributed by atoms with Crippen molar-refractivity contribution in [1.82, 2.24) is 0 Å². The number of aliphatic hydroxyl groups excluding tert-OH is 1. The first-order valence-corrected chi connectivity index (χ1v) is 6.77. The molecule has 2 aromatic carbocycles. The van der Waals surface area contributed by atoms with Gasteiger partial charge in [-0.2, -0.15) is 0 Å². The van der Waals surface area contributed by atoms with E-state index < -0.39 is 11.0 Å². The van der Waals surface area contributed by atoms with Crippen LogP contribution >= 0.6 is 15.9 Å². The third-order valence-electron chi connectivity index (χ3n) is 2.87. The second kappa shape index (κ2) is 6.49. The summed E-state index contributed by atoms with van der Waals surface area (Å²) in [7, 11) is 0. The van der Waals surface area contributed by atoms with Crippen molar-refractivity contribution < 1.29 is 10.0 Å². The minimum Gasteiger partial charge on any atom is -0.394 e. The molecule has 5 nitrogen and oxygen atoms in total. The van der Waals surface area contributed by atoms with Crippen LogP contribution in [0.4, 0.5) is 11.4 Å². The maximum absolute atomic E-state index is 11.1. The smallest absolute Gasteiger partial charge is 0.293 e. The molecule has 0 heterocycles. The fraction of sp³-hybridized carbons (Fsp3) is 0.143. The Morgan fingerprint density at radius 1 is 1.25 bits per heavy atom. The molecule has 1 atom stereocenters. The van der Waals surface area contributed by atoms with Gasteiger partial charge in [-0.05, 0) is 17.7 Å². The first kappa shape index (κ1) is 14.5. The normalized spacial score (nSPS) is 11.9. The fourth-order valence-electron chi connectivity index (χ4n) is 1.89. The van der Waals surface area contributed by atoms with E-state index in [0.717, 1.165) is 5.56 Å². The van der Waals surface area contributed by atoms with E-state index in [1.54, 1.807) is 12.1 Å². The molecule has 0 radical (unpaired) electrons. The molecule has 0 aromatic heterocycles. The van der Waals surface area contributed by atoms with Crippen LogP contribution in [0.15, 0.2) is 53.0 Å². The lowest BCUT2D eigenvalue weighted by molar-refractivity contribution is -0.384. The van der Waals surface area contributed by atoms with Crippen LogP contribution in [0.5, 0.6) is 0 Å². The van der Waals surface area contributed by atoms with Crippen molar-refractivity contribution in [3.8, 4) is 0 Å². The molecule has 2 N–H and O–H groups in total. The van der Waals surface area contributed by atoms with Gasteiger partial charge >= 0.3 is 0 Å². The second-order valence-electron chi connectivity index (χ2n) is 4.21. The van der Waals surface area contributed by atoms with E-state index in [-0.39, 0.29) is 12.3 Å². The third-order valence-corrected chi connectivity index (χ3v) is 3.36. The lowest BCUT2D eigenvalue weighted by atomic mass is 10.1. The highest BCUT2D eigenvalue weighted by atomic mass is 79.9. The number of nitro benzene ring substituents is 1. The Balaban J connectivity index is 2.31. The Labute approximate surface area is 124 Å². The van der Waals surface area contributed by atoms with Gasteiger partial charge in [-0.15, -0.1) is 0 Å². The number of rotatable bonds is 5. The van der Waals surface area contributed by atoms with Crippen molar-refractivity contribution in [2.45, 2.75) is 6.04 Å². The quantitative estimate of drug-likeness (QED) is 0.647. The fourth-order valence-corrected chi connectivity index (χ4v) is 2.23. The van der Waals surface area contributed by atoms with Gasteiger partial charge in [0, 0.05) is 10.5 Å². The molecule has 0 saturated carbocycles. The Kier molecular flexibility index (Phi) is 4.70. The van der Waals surface area contributed by atoms with E-state index in [2.05, 4.69) is 21.2 Å². The van der Waals surface area contributed by atoms with Crippen LogP contribution in [-0.4, -0.2) is 16.6 Å². The standard InChI is InChI=1S/C14H13BrN2O3/c15-11-6-7-12(14(8-11)17(19)20)16-13(9-18)10-4-2-1-3-5-10/h1-8,13,16,18H,9H2. The number of nitro groups is 1. The summed E-state index contributed by atoms with van der Waals surface area (Å²) in [5, 5.41) is 23.6. The van der Waals surface area contributed by atoms with Crippen LogP contribution in [0.2, 0.25) is 0 Å². The van der Waals surface area contributed by atoms with E-state index >= 15 is 0 Å². The van der Waals surface area contributed by atoms with E-state index in [1.807, 2.05) is 30.3 Å². The molecular weight excluding hydrogens is 324 g/mol. The van der Waals surface area contributed by atoms with Gasteiger partial charge in [0.05, 0.1) is 17.6 Å². The number of anilines is 1. The van der Waals surface area contributed by atoms with Crippen molar-refractivity contribution in [3.05, 3.63) is 68.7 Å². The Bertz CT molecular complexity index is 605. The lowest BCUT2D eigenvalue weighted by Crippen LogP contribution is -2.15. The zero-order valence-electron chi connectivity index (χ0n) is 10.5. The summed E-state index contributed by atoms with van der Waals surface area (Å²) in [6.45, 7) is -0.156. The van der Waals surface area contributed by atoms with E-state index in [9.17, 15) is 15.2 Å². The minimum absolute atomic E-state index is 0.0336. The van der Waals surface area contributed by atoms with Crippen LogP contribution < -0.4 is 5.32 Å². The largest absolute Gasteiger partial charge is 0.394 e. The Morgan fingerprint density at radius 3 is 2.55 bits per heavy atom. The first-order chi connectivity index (χ1) is 9.61. The van der Waals surface area contributed by atoms with Crippen molar-refractivity contribution >= 4 is 27.3 Å². The van der Waals surface area contributed by atoms with Gasteiger partial charge in [-0.3, -0.25) is 10.1 Å². The molecular formula is C14H13BrN2O3. The SMILES string of the molecule is O=[N+]([O-])c1cc(Br)ccc1NC(CO)c1ccccc1. The molecule has 0 saturated heterocycles. The van der Waals surface area contributed by atoms with Gasteiger partial charge in [0.15, 0.2) is 0 Å². The van der Waals surface area contributed by atoms with Crippen molar-refractivity contribution in [2.24, 2.45) is 0 Å². The van der Waals surface area contributed by atoms with Crippen LogP contribution in [0.3, 0.4) is 0 Å². The maximum Gasteiger partial charge on any atom is 0.293 e. The molecule has 1 unspecified atom stereocenters. The van der Waals surface area contributed by atoms with Gasteiger partial charge in [0.25, 0.3) is 5.69 Å². The molecule has 0 bridgehead atoms. The topological polar surface area (TPSA) is 75.4 Å². The van der Waals surface area contributed by atoms with Gasteiger partial charge < -0.3 is 10.4 Å². The van der Waals surface area contributed by atoms with E-state index in [0.29, 0.717) is 10.2 Å². The highest BCUT2D eigenvalue weighted by Gasteiger charge is 2.18. The number of hydrogen-bond acceptors (Lipinski definition) is 4. The maximum atomic E-state index is 11.1. The molecule has 0 fully saturated rings. The Hall–Kier alpha value is -1.92. The number of hydrogen-bond donors (Lipinski definition) is 2. The van der Waals surface area contributed by atoms with Crippen molar-refractivity contribution in [3.63, 3.8) is 0 Å². The summed E-state index contributed by atoms with van der Waals surface area (Å²) in [4.78, 5) is 10.6. The average Bonchev–Trinajstić information content (AvgIpc) is 2.46. The van der Waals surface area contributed by atoms with Gasteiger partial charge in [-0.25, -0.2) is 0 Å². The average molecular weight is 337 g/mol. The zero-order valence-corrected chi connectivity index (χ0v) is 12.1. The van der Waals surface area contributed by atoms with Gasteiger partial charge in [0.1, 0.15) is 5.69 Å². The predicted molar refractivity (Wildman–Crippen MR) is 80.7 cm³/mol. The van der Waals surface area contributed by atoms with Crippen molar-refractivity contribution in [2.75, 3.05) is 11.9 Å². The third kappa shape index (κ3) is 3.34. The van der Waals surface area contributed by atoms with Gasteiger partial charge in [-0.1, -0.05) is 46.3 Å². The number of nitrogens with one attached hydrogen (secondary N) is 1. The first-order valence-electron chi connectivity index (χ1n) is 5.98. The van der Waals surface area contributed by atoms with E-state index in [4.69, 9.17) is 0 Å². The van der Waals surface area contributed by atoms with Crippen LogP contribution in [0.1, 0.15) is 11.6 Å². The second-order valence-corrected chi connectivity index (χ2v) is 5.12. The molecule has 2 rings (SSSR count). The molecule has 20 heavy (non-hydrogen) atoms. The van der Waals surface area contributed by atoms with Crippen LogP contribution in [-0.2, 0) is 0 Å². The molecule has 0 spiro atoms. The minimum atomic E-state index is -0.452.